The van der Waals surface area contributed by atoms with Gasteiger partial charge >= 0.3 is 0 Å². The van der Waals surface area contributed by atoms with E-state index in [9.17, 15) is 0 Å². The summed E-state index contributed by atoms with van der Waals surface area (Å²) in [5, 5.41) is 3.41. The summed E-state index contributed by atoms with van der Waals surface area (Å²) >= 11 is 0. The molecule has 0 bridgehead atoms. The lowest BCUT2D eigenvalue weighted by Gasteiger charge is -2.22. The maximum Gasteiger partial charge on any atom is 0.0700 e. The van der Waals surface area contributed by atoms with E-state index < -0.39 is 0 Å². The summed E-state index contributed by atoms with van der Waals surface area (Å²) in [5.74, 6) is 0.790. The van der Waals surface area contributed by atoms with Crippen LogP contribution in [0, 0.1) is 5.92 Å². The molecule has 1 rings (SSSR count). The highest BCUT2D eigenvalue weighted by molar-refractivity contribution is 4.65. The molecule has 0 atom stereocenters. The van der Waals surface area contributed by atoms with Gasteiger partial charge in [0.2, 0.25) is 0 Å². The maximum absolute atomic E-state index is 5.35. The molecule has 1 aliphatic rings. The number of methoxy groups -OCH3 is 1. The summed E-state index contributed by atoms with van der Waals surface area (Å²) in [5.41, 5.74) is 0. The first-order valence-electron chi connectivity index (χ1n) is 5.78. The fourth-order valence-electron chi connectivity index (χ4n) is 1.65. The SMILES string of the molecule is COCCOCCNCC1CCOCC1. The molecule has 90 valence electrons. The van der Waals surface area contributed by atoms with Crippen molar-refractivity contribution >= 4 is 0 Å². The van der Waals surface area contributed by atoms with E-state index in [4.69, 9.17) is 14.2 Å². The Hall–Kier alpha value is -0.160. The number of hydrogen-bond donors (Lipinski definition) is 1. The molecule has 0 saturated carbocycles. The van der Waals surface area contributed by atoms with Crippen molar-refractivity contribution in [3.63, 3.8) is 0 Å². The van der Waals surface area contributed by atoms with E-state index in [0.29, 0.717) is 13.2 Å². The van der Waals surface area contributed by atoms with Crippen LogP contribution in [0.25, 0.3) is 0 Å². The van der Waals surface area contributed by atoms with Crippen LogP contribution < -0.4 is 5.32 Å². The number of hydrogen-bond acceptors (Lipinski definition) is 4. The Bertz CT molecular complexity index is 138. The molecule has 1 N–H and O–H groups in total. The Morgan fingerprint density at radius 3 is 2.73 bits per heavy atom. The van der Waals surface area contributed by atoms with Crippen LogP contribution in [-0.2, 0) is 14.2 Å². The topological polar surface area (TPSA) is 39.7 Å². The molecule has 1 saturated heterocycles. The average molecular weight is 217 g/mol. The van der Waals surface area contributed by atoms with E-state index >= 15 is 0 Å². The fraction of sp³-hybridized carbons (Fsp3) is 1.00. The normalized spacial score (nSPS) is 18.2. The molecule has 0 aliphatic carbocycles. The van der Waals surface area contributed by atoms with Crippen molar-refractivity contribution in [1.29, 1.82) is 0 Å². The average Bonchev–Trinajstić information content (AvgIpc) is 2.29. The summed E-state index contributed by atoms with van der Waals surface area (Å²) in [6.45, 7) is 6.02. The molecular weight excluding hydrogens is 194 g/mol. The largest absolute Gasteiger partial charge is 0.382 e. The van der Waals surface area contributed by atoms with Gasteiger partial charge in [0.05, 0.1) is 19.8 Å². The molecule has 0 spiro atoms. The minimum absolute atomic E-state index is 0.681. The van der Waals surface area contributed by atoms with Crippen molar-refractivity contribution in [2.24, 2.45) is 5.92 Å². The van der Waals surface area contributed by atoms with Crippen LogP contribution >= 0.6 is 0 Å². The summed E-state index contributed by atoms with van der Waals surface area (Å²) in [4.78, 5) is 0. The molecule has 0 aromatic rings. The van der Waals surface area contributed by atoms with Crippen molar-refractivity contribution < 1.29 is 14.2 Å². The van der Waals surface area contributed by atoms with E-state index in [0.717, 1.165) is 38.8 Å². The van der Waals surface area contributed by atoms with Gasteiger partial charge in [0, 0.05) is 26.9 Å². The van der Waals surface area contributed by atoms with Gasteiger partial charge in [-0.25, -0.2) is 0 Å². The summed E-state index contributed by atoms with van der Waals surface area (Å²) in [6, 6.07) is 0. The van der Waals surface area contributed by atoms with Gasteiger partial charge in [0.25, 0.3) is 0 Å². The van der Waals surface area contributed by atoms with Crippen LogP contribution in [0.5, 0.6) is 0 Å². The highest BCUT2D eigenvalue weighted by Gasteiger charge is 2.12. The zero-order chi connectivity index (χ0) is 10.8. The molecule has 0 radical (unpaired) electrons. The quantitative estimate of drug-likeness (QED) is 0.606. The third-order valence-electron chi connectivity index (χ3n) is 2.63. The lowest BCUT2D eigenvalue weighted by Crippen LogP contribution is -2.30. The van der Waals surface area contributed by atoms with Crippen molar-refractivity contribution in [2.75, 3.05) is 53.2 Å². The van der Waals surface area contributed by atoms with Gasteiger partial charge in [0.15, 0.2) is 0 Å². The Morgan fingerprint density at radius 2 is 2.00 bits per heavy atom. The second kappa shape index (κ2) is 9.09. The molecule has 15 heavy (non-hydrogen) atoms. The van der Waals surface area contributed by atoms with E-state index in [1.807, 2.05) is 0 Å². The summed E-state index contributed by atoms with van der Waals surface area (Å²) in [6.07, 6.45) is 2.38. The van der Waals surface area contributed by atoms with Gasteiger partial charge in [-0.2, -0.15) is 0 Å². The highest BCUT2D eigenvalue weighted by Crippen LogP contribution is 2.12. The molecule has 4 nitrogen and oxygen atoms in total. The van der Waals surface area contributed by atoms with Gasteiger partial charge in [-0.15, -0.1) is 0 Å². The van der Waals surface area contributed by atoms with Crippen LogP contribution in [0.4, 0.5) is 0 Å². The maximum atomic E-state index is 5.35. The molecule has 1 fully saturated rings. The fourth-order valence-corrected chi connectivity index (χ4v) is 1.65. The second-order valence-corrected chi connectivity index (χ2v) is 3.87. The number of ether oxygens (including phenoxy) is 3. The Morgan fingerprint density at radius 1 is 1.20 bits per heavy atom. The zero-order valence-electron chi connectivity index (χ0n) is 9.67. The third-order valence-corrected chi connectivity index (χ3v) is 2.63. The Labute approximate surface area is 92.3 Å². The van der Waals surface area contributed by atoms with Crippen LogP contribution in [0.2, 0.25) is 0 Å². The van der Waals surface area contributed by atoms with E-state index in [2.05, 4.69) is 5.32 Å². The molecule has 0 aromatic carbocycles. The van der Waals surface area contributed by atoms with E-state index in [1.165, 1.54) is 12.8 Å². The third kappa shape index (κ3) is 6.84. The van der Waals surface area contributed by atoms with Gasteiger partial charge in [-0.05, 0) is 25.3 Å². The first-order valence-corrected chi connectivity index (χ1v) is 5.78. The summed E-state index contributed by atoms with van der Waals surface area (Å²) in [7, 11) is 1.69. The molecular formula is C11H23NO3. The number of nitrogens with one attached hydrogen (secondary N) is 1. The standard InChI is InChI=1S/C11H23NO3/c1-13-8-9-15-7-4-12-10-11-2-5-14-6-3-11/h11-12H,2-10H2,1H3. The molecule has 1 heterocycles. The first-order chi connectivity index (χ1) is 7.43. The second-order valence-electron chi connectivity index (χ2n) is 3.87. The zero-order valence-corrected chi connectivity index (χ0v) is 9.67. The Balaban J connectivity index is 1.79. The lowest BCUT2D eigenvalue weighted by atomic mass is 10.0. The van der Waals surface area contributed by atoms with Crippen molar-refractivity contribution in [1.82, 2.24) is 5.32 Å². The van der Waals surface area contributed by atoms with Crippen LogP contribution in [0.3, 0.4) is 0 Å². The van der Waals surface area contributed by atoms with Gasteiger partial charge in [-0.3, -0.25) is 0 Å². The van der Waals surface area contributed by atoms with Gasteiger partial charge in [0.1, 0.15) is 0 Å². The minimum Gasteiger partial charge on any atom is -0.382 e. The molecule has 1 aliphatic heterocycles. The molecule has 0 unspecified atom stereocenters. The molecule has 0 aromatic heterocycles. The summed E-state index contributed by atoms with van der Waals surface area (Å²) < 4.78 is 15.5. The minimum atomic E-state index is 0.681. The van der Waals surface area contributed by atoms with Crippen molar-refractivity contribution in [2.45, 2.75) is 12.8 Å². The first kappa shape index (κ1) is 12.9. The predicted octanol–water partition coefficient (Wildman–Crippen LogP) is 0.666. The molecule has 4 heteroatoms. The monoisotopic (exact) mass is 217 g/mol. The lowest BCUT2D eigenvalue weighted by molar-refractivity contribution is 0.0608. The van der Waals surface area contributed by atoms with Crippen molar-refractivity contribution in [3.8, 4) is 0 Å². The van der Waals surface area contributed by atoms with Crippen LogP contribution in [0.15, 0.2) is 0 Å². The van der Waals surface area contributed by atoms with Crippen LogP contribution in [0.1, 0.15) is 12.8 Å². The predicted molar refractivity (Wildman–Crippen MR) is 59.1 cm³/mol. The van der Waals surface area contributed by atoms with Gasteiger partial charge in [-0.1, -0.05) is 0 Å². The van der Waals surface area contributed by atoms with E-state index in [1.54, 1.807) is 7.11 Å². The van der Waals surface area contributed by atoms with Gasteiger partial charge < -0.3 is 19.5 Å². The smallest absolute Gasteiger partial charge is 0.0700 e. The van der Waals surface area contributed by atoms with Crippen molar-refractivity contribution in [3.05, 3.63) is 0 Å². The molecule has 0 amide bonds. The van der Waals surface area contributed by atoms with Crippen LogP contribution in [-0.4, -0.2) is 53.2 Å². The Kier molecular flexibility index (Phi) is 7.83. The number of rotatable bonds is 8. The van der Waals surface area contributed by atoms with E-state index in [-0.39, 0.29) is 0 Å². The highest BCUT2D eigenvalue weighted by atomic mass is 16.5.